The molecular weight excluding hydrogens is 310 g/mol. The summed E-state index contributed by atoms with van der Waals surface area (Å²) in [6.45, 7) is 4.14. The van der Waals surface area contributed by atoms with E-state index in [0.29, 0.717) is 5.56 Å². The van der Waals surface area contributed by atoms with E-state index in [1.54, 1.807) is 19.1 Å². The van der Waals surface area contributed by atoms with Crippen molar-refractivity contribution in [3.05, 3.63) is 29.3 Å². The Morgan fingerprint density at radius 3 is 2.27 bits per heavy atom. The van der Waals surface area contributed by atoms with E-state index < -0.39 is 40.3 Å². The van der Waals surface area contributed by atoms with Crippen molar-refractivity contribution in [2.24, 2.45) is 5.41 Å². The van der Waals surface area contributed by atoms with E-state index in [2.05, 4.69) is 4.72 Å². The number of carbonyl (C=O) groups is 2. The van der Waals surface area contributed by atoms with E-state index in [1.165, 1.54) is 13.0 Å². The van der Waals surface area contributed by atoms with Gasteiger partial charge in [0, 0.05) is 6.54 Å². The molecule has 8 heteroatoms. The molecule has 1 rings (SSSR count). The molecule has 0 heterocycles. The maximum atomic E-state index is 12.3. The van der Waals surface area contributed by atoms with Gasteiger partial charge in [0.1, 0.15) is 0 Å². The zero-order valence-electron chi connectivity index (χ0n) is 12.6. The van der Waals surface area contributed by atoms with Gasteiger partial charge < -0.3 is 10.2 Å². The number of rotatable bonds is 7. The van der Waals surface area contributed by atoms with Crippen molar-refractivity contribution in [3.8, 4) is 0 Å². The molecule has 1 aromatic carbocycles. The highest BCUT2D eigenvalue weighted by Crippen LogP contribution is 2.23. The molecule has 0 fully saturated rings. The predicted molar refractivity (Wildman–Crippen MR) is 79.1 cm³/mol. The Morgan fingerprint density at radius 2 is 1.82 bits per heavy atom. The molecule has 0 aliphatic rings. The Bertz CT molecular complexity index is 697. The largest absolute Gasteiger partial charge is 0.481 e. The highest BCUT2D eigenvalue weighted by molar-refractivity contribution is 7.89. The van der Waals surface area contributed by atoms with Gasteiger partial charge in [-0.15, -0.1) is 0 Å². The third-order valence-corrected chi connectivity index (χ3v) is 4.89. The lowest BCUT2D eigenvalue weighted by molar-refractivity contribution is -0.154. The summed E-state index contributed by atoms with van der Waals surface area (Å²) >= 11 is 0. The fourth-order valence-corrected chi connectivity index (χ4v) is 3.37. The van der Waals surface area contributed by atoms with Crippen LogP contribution in [0.3, 0.4) is 0 Å². The summed E-state index contributed by atoms with van der Waals surface area (Å²) in [5, 5.41) is 17.9. The normalized spacial score (nSPS) is 14.3. The molecule has 122 valence electrons. The standard InChI is InChI=1S/C14H19NO6S/c1-9-4-5-11(10(2)6-9)22(20,21)15-8-14(3,13(18)19)7-12(16)17/h4-6,15H,7-8H2,1-3H3,(H,16,17)(H,18,19). The van der Waals surface area contributed by atoms with Crippen molar-refractivity contribution in [2.45, 2.75) is 32.1 Å². The van der Waals surface area contributed by atoms with E-state index in [9.17, 15) is 18.0 Å². The first-order valence-corrected chi connectivity index (χ1v) is 7.98. The van der Waals surface area contributed by atoms with Crippen LogP contribution in [0.5, 0.6) is 0 Å². The molecule has 0 spiro atoms. The lowest BCUT2D eigenvalue weighted by Crippen LogP contribution is -2.42. The van der Waals surface area contributed by atoms with Crippen LogP contribution in [-0.4, -0.2) is 37.1 Å². The minimum absolute atomic E-state index is 0.0427. The summed E-state index contributed by atoms with van der Waals surface area (Å²) in [5.74, 6) is -2.69. The summed E-state index contributed by atoms with van der Waals surface area (Å²) in [6, 6.07) is 4.76. The molecular formula is C14H19NO6S. The third-order valence-electron chi connectivity index (χ3n) is 3.33. The first-order chi connectivity index (χ1) is 9.98. The summed E-state index contributed by atoms with van der Waals surface area (Å²) in [6.07, 6.45) is -0.683. The first kappa shape index (κ1) is 18.1. The molecule has 1 aromatic rings. The average molecular weight is 329 g/mol. The van der Waals surface area contributed by atoms with Gasteiger partial charge in [-0.3, -0.25) is 9.59 Å². The molecule has 1 atom stereocenters. The lowest BCUT2D eigenvalue weighted by Gasteiger charge is -2.23. The molecule has 3 N–H and O–H groups in total. The summed E-state index contributed by atoms with van der Waals surface area (Å²) in [5.41, 5.74) is -0.294. The number of carboxylic acids is 2. The van der Waals surface area contributed by atoms with Crippen molar-refractivity contribution in [1.29, 1.82) is 0 Å². The van der Waals surface area contributed by atoms with Crippen LogP contribution in [0.4, 0.5) is 0 Å². The van der Waals surface area contributed by atoms with Crippen LogP contribution in [0, 0.1) is 19.3 Å². The zero-order chi connectivity index (χ0) is 17.1. The van der Waals surface area contributed by atoms with Crippen LogP contribution in [0.25, 0.3) is 0 Å². The molecule has 7 nitrogen and oxygen atoms in total. The number of nitrogens with one attached hydrogen (secondary N) is 1. The van der Waals surface area contributed by atoms with Crippen LogP contribution in [0.2, 0.25) is 0 Å². The van der Waals surface area contributed by atoms with E-state index >= 15 is 0 Å². The van der Waals surface area contributed by atoms with Crippen molar-refractivity contribution in [1.82, 2.24) is 4.72 Å². The van der Waals surface area contributed by atoms with Gasteiger partial charge in [0.05, 0.1) is 16.7 Å². The van der Waals surface area contributed by atoms with Crippen LogP contribution >= 0.6 is 0 Å². The molecule has 0 aliphatic carbocycles. The Balaban J connectivity index is 3.01. The van der Waals surface area contributed by atoms with E-state index in [4.69, 9.17) is 10.2 Å². The number of sulfonamides is 1. The number of benzene rings is 1. The maximum absolute atomic E-state index is 12.3. The van der Waals surface area contributed by atoms with Gasteiger partial charge in [-0.1, -0.05) is 17.7 Å². The van der Waals surface area contributed by atoms with Crippen molar-refractivity contribution in [3.63, 3.8) is 0 Å². The summed E-state index contributed by atoms with van der Waals surface area (Å²) in [4.78, 5) is 22.0. The monoisotopic (exact) mass is 329 g/mol. The van der Waals surface area contributed by atoms with E-state index in [0.717, 1.165) is 5.56 Å². The highest BCUT2D eigenvalue weighted by atomic mass is 32.2. The van der Waals surface area contributed by atoms with Gasteiger partial charge in [-0.2, -0.15) is 0 Å². The van der Waals surface area contributed by atoms with Crippen molar-refractivity contribution < 1.29 is 28.2 Å². The number of hydrogen-bond acceptors (Lipinski definition) is 4. The molecule has 0 bridgehead atoms. The lowest BCUT2D eigenvalue weighted by atomic mass is 9.87. The van der Waals surface area contributed by atoms with Gasteiger partial charge in [-0.25, -0.2) is 13.1 Å². The number of aryl methyl sites for hydroxylation is 2. The van der Waals surface area contributed by atoms with Crippen LogP contribution < -0.4 is 4.72 Å². The quantitative estimate of drug-likeness (QED) is 0.690. The fraction of sp³-hybridized carbons (Fsp3) is 0.429. The van der Waals surface area contributed by atoms with Gasteiger partial charge in [0.2, 0.25) is 10.0 Å². The SMILES string of the molecule is Cc1ccc(S(=O)(=O)NCC(C)(CC(=O)O)C(=O)O)c(C)c1. The van der Waals surface area contributed by atoms with E-state index in [-0.39, 0.29) is 4.90 Å². The van der Waals surface area contributed by atoms with Gasteiger partial charge in [0.15, 0.2) is 0 Å². The molecule has 1 unspecified atom stereocenters. The Hall–Kier alpha value is -1.93. The molecule has 22 heavy (non-hydrogen) atoms. The minimum atomic E-state index is -3.92. The second-order valence-electron chi connectivity index (χ2n) is 5.53. The summed E-state index contributed by atoms with van der Waals surface area (Å²) < 4.78 is 26.7. The number of hydrogen-bond donors (Lipinski definition) is 3. The molecule has 0 saturated heterocycles. The van der Waals surface area contributed by atoms with Gasteiger partial charge in [0.25, 0.3) is 0 Å². The predicted octanol–water partition coefficient (Wildman–Crippen LogP) is 1.15. The highest BCUT2D eigenvalue weighted by Gasteiger charge is 2.37. The van der Waals surface area contributed by atoms with Crippen LogP contribution in [0.1, 0.15) is 24.5 Å². The van der Waals surface area contributed by atoms with Gasteiger partial charge in [-0.05, 0) is 32.4 Å². The number of carboxylic acid groups (broad SMARTS) is 2. The number of aliphatic carboxylic acids is 2. The minimum Gasteiger partial charge on any atom is -0.481 e. The molecule has 0 amide bonds. The van der Waals surface area contributed by atoms with Crippen LogP contribution in [0.15, 0.2) is 23.1 Å². The van der Waals surface area contributed by atoms with Crippen molar-refractivity contribution >= 4 is 22.0 Å². The zero-order valence-corrected chi connectivity index (χ0v) is 13.4. The molecule has 0 radical (unpaired) electrons. The maximum Gasteiger partial charge on any atom is 0.311 e. The first-order valence-electron chi connectivity index (χ1n) is 6.50. The van der Waals surface area contributed by atoms with Gasteiger partial charge >= 0.3 is 11.9 Å². The van der Waals surface area contributed by atoms with Crippen molar-refractivity contribution in [2.75, 3.05) is 6.54 Å². The van der Waals surface area contributed by atoms with E-state index in [1.807, 2.05) is 6.92 Å². The second kappa shape index (κ2) is 6.45. The molecule has 0 saturated carbocycles. The topological polar surface area (TPSA) is 121 Å². The fourth-order valence-electron chi connectivity index (χ4n) is 1.98. The molecule has 0 aliphatic heterocycles. The Labute approximate surface area is 129 Å². The Kier molecular flexibility index (Phi) is 5.31. The third kappa shape index (κ3) is 4.28. The average Bonchev–Trinajstić information content (AvgIpc) is 2.35. The Morgan fingerprint density at radius 1 is 1.23 bits per heavy atom. The van der Waals surface area contributed by atoms with Crippen LogP contribution in [-0.2, 0) is 19.6 Å². The molecule has 0 aromatic heterocycles. The summed E-state index contributed by atoms with van der Waals surface area (Å²) in [7, 11) is -3.92. The second-order valence-corrected chi connectivity index (χ2v) is 7.27. The smallest absolute Gasteiger partial charge is 0.311 e.